The van der Waals surface area contributed by atoms with Gasteiger partial charge in [0.2, 0.25) is 0 Å². The predicted octanol–water partition coefficient (Wildman–Crippen LogP) is 3.03. The van der Waals surface area contributed by atoms with Crippen LogP contribution in [-0.2, 0) is 0 Å². The number of nitrogens with one attached hydrogen (secondary N) is 1. The Kier molecular flexibility index (Phi) is 4.86. The number of benzene rings is 1. The summed E-state index contributed by atoms with van der Waals surface area (Å²) >= 11 is 0. The summed E-state index contributed by atoms with van der Waals surface area (Å²) in [6.07, 6.45) is 4.09. The number of aliphatic imine (C=N–C) groups is 1. The van der Waals surface area contributed by atoms with Crippen LogP contribution >= 0.6 is 0 Å². The molecule has 0 spiro atoms. The third kappa shape index (κ3) is 4.27. The Bertz CT molecular complexity index is 554. The number of carbonyl (C=O) groups excluding carboxylic acids is 1. The Morgan fingerprint density at radius 3 is 2.67 bits per heavy atom. The van der Waals surface area contributed by atoms with E-state index in [0.717, 1.165) is 38.1 Å². The summed E-state index contributed by atoms with van der Waals surface area (Å²) in [5.41, 5.74) is 0.481. The Morgan fingerprint density at radius 2 is 2.00 bits per heavy atom. The van der Waals surface area contributed by atoms with Crippen LogP contribution in [0.5, 0.6) is 0 Å². The molecule has 1 fully saturated rings. The SMILES string of the molecule is CN1CCCCCC1=NC(=O)Nc1ccc([N+](=O)[O-])cc1. The number of anilines is 1. The third-order valence-corrected chi connectivity index (χ3v) is 3.39. The van der Waals surface area contributed by atoms with Crippen LogP contribution in [0, 0.1) is 10.1 Å². The number of hydrogen-bond donors (Lipinski definition) is 1. The van der Waals surface area contributed by atoms with Crippen molar-refractivity contribution in [3.05, 3.63) is 34.4 Å². The summed E-state index contributed by atoms with van der Waals surface area (Å²) in [7, 11) is 1.93. The van der Waals surface area contributed by atoms with E-state index < -0.39 is 11.0 Å². The Hall–Kier alpha value is -2.44. The summed E-state index contributed by atoms with van der Waals surface area (Å²) in [6, 6.07) is 5.23. The van der Waals surface area contributed by atoms with Crippen LogP contribution in [0.4, 0.5) is 16.2 Å². The Labute approximate surface area is 122 Å². The van der Waals surface area contributed by atoms with Gasteiger partial charge in [-0.2, -0.15) is 4.99 Å². The van der Waals surface area contributed by atoms with Crippen molar-refractivity contribution in [1.82, 2.24) is 4.90 Å². The molecule has 0 aromatic heterocycles. The molecule has 0 bridgehead atoms. The highest BCUT2D eigenvalue weighted by Gasteiger charge is 2.13. The number of non-ortho nitro benzene ring substituents is 1. The van der Waals surface area contributed by atoms with Gasteiger partial charge >= 0.3 is 6.03 Å². The average Bonchev–Trinajstić information content (AvgIpc) is 2.65. The van der Waals surface area contributed by atoms with Gasteiger partial charge in [0, 0.05) is 37.8 Å². The molecule has 1 aliphatic heterocycles. The molecule has 1 saturated heterocycles. The molecule has 7 nitrogen and oxygen atoms in total. The molecule has 0 radical (unpaired) electrons. The van der Waals surface area contributed by atoms with Crippen LogP contribution in [0.1, 0.15) is 25.7 Å². The lowest BCUT2D eigenvalue weighted by Crippen LogP contribution is -2.27. The molecule has 21 heavy (non-hydrogen) atoms. The first-order valence-electron chi connectivity index (χ1n) is 6.90. The van der Waals surface area contributed by atoms with E-state index in [-0.39, 0.29) is 5.69 Å². The first-order valence-corrected chi connectivity index (χ1v) is 6.90. The highest BCUT2D eigenvalue weighted by molar-refractivity contribution is 5.99. The number of nitro benzene ring substituents is 1. The first-order chi connectivity index (χ1) is 10.1. The fourth-order valence-electron chi connectivity index (χ4n) is 2.21. The van der Waals surface area contributed by atoms with Gasteiger partial charge in [-0.3, -0.25) is 10.1 Å². The maximum Gasteiger partial charge on any atom is 0.347 e. The number of hydrogen-bond acceptors (Lipinski definition) is 3. The molecule has 0 aliphatic carbocycles. The lowest BCUT2D eigenvalue weighted by atomic mass is 10.2. The number of likely N-dealkylation sites (tertiary alicyclic amines) is 1. The smallest absolute Gasteiger partial charge is 0.347 e. The largest absolute Gasteiger partial charge is 0.363 e. The van der Waals surface area contributed by atoms with Crippen LogP contribution in [0.25, 0.3) is 0 Å². The lowest BCUT2D eigenvalue weighted by Gasteiger charge is -2.17. The van der Waals surface area contributed by atoms with Crippen LogP contribution in [-0.4, -0.2) is 35.3 Å². The van der Waals surface area contributed by atoms with Crippen molar-refractivity contribution in [1.29, 1.82) is 0 Å². The van der Waals surface area contributed by atoms with E-state index in [9.17, 15) is 14.9 Å². The number of nitro groups is 1. The van der Waals surface area contributed by atoms with Gasteiger partial charge in [0.15, 0.2) is 0 Å². The number of urea groups is 1. The summed E-state index contributed by atoms with van der Waals surface area (Å²) < 4.78 is 0. The first kappa shape index (κ1) is 15.0. The second kappa shape index (κ2) is 6.83. The molecular formula is C14H18N4O3. The predicted molar refractivity (Wildman–Crippen MR) is 80.6 cm³/mol. The maximum atomic E-state index is 11.9. The van der Waals surface area contributed by atoms with E-state index in [1.165, 1.54) is 24.3 Å². The fourth-order valence-corrected chi connectivity index (χ4v) is 2.21. The van der Waals surface area contributed by atoms with Gasteiger partial charge in [0.1, 0.15) is 5.84 Å². The van der Waals surface area contributed by atoms with Gasteiger partial charge in [-0.05, 0) is 25.0 Å². The second-order valence-electron chi connectivity index (χ2n) is 4.99. The highest BCUT2D eigenvalue weighted by atomic mass is 16.6. The summed E-state index contributed by atoms with van der Waals surface area (Å²) in [5, 5.41) is 13.2. The van der Waals surface area contributed by atoms with E-state index in [2.05, 4.69) is 10.3 Å². The molecule has 1 N–H and O–H groups in total. The molecule has 1 aliphatic rings. The minimum Gasteiger partial charge on any atom is -0.363 e. The summed E-state index contributed by atoms with van der Waals surface area (Å²) in [6.45, 7) is 0.906. The quantitative estimate of drug-likeness (QED) is 0.669. The van der Waals surface area contributed by atoms with E-state index >= 15 is 0 Å². The van der Waals surface area contributed by atoms with Gasteiger partial charge in [-0.25, -0.2) is 4.79 Å². The number of amidine groups is 1. The molecule has 2 amide bonds. The van der Waals surface area contributed by atoms with Crippen molar-refractivity contribution < 1.29 is 9.72 Å². The molecular weight excluding hydrogens is 272 g/mol. The molecule has 7 heteroatoms. The van der Waals surface area contributed by atoms with Crippen molar-refractivity contribution in [2.45, 2.75) is 25.7 Å². The minimum atomic E-state index is -0.480. The molecule has 0 unspecified atom stereocenters. The van der Waals surface area contributed by atoms with Crippen molar-refractivity contribution in [3.63, 3.8) is 0 Å². The second-order valence-corrected chi connectivity index (χ2v) is 4.99. The van der Waals surface area contributed by atoms with Gasteiger partial charge in [-0.1, -0.05) is 6.42 Å². The Morgan fingerprint density at radius 1 is 1.29 bits per heavy atom. The maximum absolute atomic E-state index is 11.9. The lowest BCUT2D eigenvalue weighted by molar-refractivity contribution is -0.384. The summed E-state index contributed by atoms with van der Waals surface area (Å²) in [5.74, 6) is 0.784. The van der Waals surface area contributed by atoms with Crippen molar-refractivity contribution in [2.24, 2.45) is 4.99 Å². The van der Waals surface area contributed by atoms with Crippen LogP contribution in [0.3, 0.4) is 0 Å². The zero-order valence-electron chi connectivity index (χ0n) is 11.9. The van der Waals surface area contributed by atoms with Crippen molar-refractivity contribution in [2.75, 3.05) is 18.9 Å². The number of nitrogens with zero attached hydrogens (tertiary/aromatic N) is 3. The highest BCUT2D eigenvalue weighted by Crippen LogP contribution is 2.16. The molecule has 1 aromatic carbocycles. The molecule has 1 aromatic rings. The van der Waals surface area contributed by atoms with E-state index in [0.29, 0.717) is 5.69 Å². The number of carbonyl (C=O) groups is 1. The van der Waals surface area contributed by atoms with E-state index in [1.807, 2.05) is 11.9 Å². The average molecular weight is 290 g/mol. The number of amides is 2. The Balaban J connectivity index is 2.01. The molecule has 2 rings (SSSR count). The van der Waals surface area contributed by atoms with Gasteiger partial charge < -0.3 is 10.2 Å². The van der Waals surface area contributed by atoms with Crippen molar-refractivity contribution >= 4 is 23.2 Å². The van der Waals surface area contributed by atoms with Gasteiger partial charge in [-0.15, -0.1) is 0 Å². The third-order valence-electron chi connectivity index (χ3n) is 3.39. The molecule has 1 heterocycles. The fraction of sp³-hybridized carbons (Fsp3) is 0.429. The number of rotatable bonds is 2. The standard InChI is InChI=1S/C14H18N4O3/c1-17-10-4-2-3-5-13(17)16-14(19)15-11-6-8-12(9-7-11)18(20)21/h6-9H,2-5,10H2,1H3,(H,15,19). The van der Waals surface area contributed by atoms with E-state index in [4.69, 9.17) is 0 Å². The normalized spacial score (nSPS) is 17.4. The van der Waals surface area contributed by atoms with Crippen LogP contribution in [0.15, 0.2) is 29.3 Å². The van der Waals surface area contributed by atoms with Crippen LogP contribution in [0.2, 0.25) is 0 Å². The van der Waals surface area contributed by atoms with Gasteiger partial charge in [0.25, 0.3) is 5.69 Å². The zero-order valence-corrected chi connectivity index (χ0v) is 11.9. The summed E-state index contributed by atoms with van der Waals surface area (Å²) in [4.78, 5) is 28.1. The molecule has 112 valence electrons. The minimum absolute atomic E-state index is 0.0113. The van der Waals surface area contributed by atoms with Crippen molar-refractivity contribution in [3.8, 4) is 0 Å². The zero-order chi connectivity index (χ0) is 15.2. The monoisotopic (exact) mass is 290 g/mol. The molecule has 0 atom stereocenters. The van der Waals surface area contributed by atoms with E-state index in [1.54, 1.807) is 0 Å². The molecule has 0 saturated carbocycles. The van der Waals surface area contributed by atoms with Gasteiger partial charge in [0.05, 0.1) is 4.92 Å². The topological polar surface area (TPSA) is 87.8 Å². The van der Waals surface area contributed by atoms with Crippen LogP contribution < -0.4 is 5.32 Å².